The van der Waals surface area contributed by atoms with Crippen LogP contribution < -0.4 is 10.2 Å². The lowest BCUT2D eigenvalue weighted by atomic mass is 10.0. The molecule has 0 saturated carbocycles. The summed E-state index contributed by atoms with van der Waals surface area (Å²) in [7, 11) is 0. The van der Waals surface area contributed by atoms with Crippen LogP contribution in [0.5, 0.6) is 5.75 Å². The van der Waals surface area contributed by atoms with E-state index >= 15 is 0 Å². The molecule has 0 radical (unpaired) electrons. The molecule has 1 amide bonds. The first-order valence-electron chi connectivity index (χ1n) is 9.85. The Kier molecular flexibility index (Phi) is 6.14. The minimum absolute atomic E-state index is 0.194. The van der Waals surface area contributed by atoms with E-state index in [0.717, 1.165) is 21.9 Å². The van der Waals surface area contributed by atoms with E-state index in [1.807, 2.05) is 48.5 Å². The van der Waals surface area contributed by atoms with Crippen LogP contribution >= 0.6 is 0 Å². The number of nitrogens with zero attached hydrogens (tertiary/aromatic N) is 1. The molecule has 0 atom stereocenters. The largest absolute Gasteiger partial charge is 0.423 e. The average Bonchev–Trinajstić information content (AvgIpc) is 2.81. The molecule has 0 aliphatic heterocycles. The van der Waals surface area contributed by atoms with Crippen molar-refractivity contribution in [1.82, 2.24) is 5.43 Å². The maximum absolute atomic E-state index is 12.3. The summed E-state index contributed by atoms with van der Waals surface area (Å²) in [6, 6.07) is 29.6. The fraction of sp³-hybridized carbons (Fsp3) is 0.0385. The second-order valence-electron chi connectivity index (χ2n) is 6.93. The highest BCUT2D eigenvalue weighted by Gasteiger charge is 2.08. The van der Waals surface area contributed by atoms with Gasteiger partial charge in [0.15, 0.2) is 0 Å². The lowest BCUT2D eigenvalue weighted by Crippen LogP contribution is -2.19. The van der Waals surface area contributed by atoms with Crippen molar-refractivity contribution in [3.8, 4) is 5.75 Å². The molecule has 0 aromatic heterocycles. The zero-order valence-electron chi connectivity index (χ0n) is 16.7. The second-order valence-corrected chi connectivity index (χ2v) is 6.93. The normalized spacial score (nSPS) is 10.8. The zero-order valence-corrected chi connectivity index (χ0v) is 16.7. The first-order valence-corrected chi connectivity index (χ1v) is 9.85. The van der Waals surface area contributed by atoms with E-state index in [1.54, 1.807) is 54.7 Å². The second kappa shape index (κ2) is 9.50. The number of esters is 1. The van der Waals surface area contributed by atoms with Gasteiger partial charge in [-0.25, -0.2) is 10.2 Å². The number of hydrazone groups is 1. The van der Waals surface area contributed by atoms with Crippen LogP contribution in [0.15, 0.2) is 102 Å². The molecule has 5 nitrogen and oxygen atoms in total. The molecule has 1 N–H and O–H groups in total. The van der Waals surface area contributed by atoms with Crippen LogP contribution in [0.3, 0.4) is 0 Å². The standard InChI is InChI=1S/C26H20N2O3/c29-25(17-22-11-6-10-20-7-4-5-12-24(20)22)28-27-18-19-13-15-23(16-14-19)31-26(30)21-8-2-1-3-9-21/h1-16,18H,17H2,(H,28,29)/b27-18+. The zero-order chi connectivity index (χ0) is 21.5. The minimum atomic E-state index is -0.414. The first-order chi connectivity index (χ1) is 15.2. The number of carbonyl (C=O) groups is 2. The Morgan fingerprint density at radius 3 is 2.32 bits per heavy atom. The van der Waals surface area contributed by atoms with Gasteiger partial charge in [-0.1, -0.05) is 60.7 Å². The van der Waals surface area contributed by atoms with Crippen LogP contribution in [-0.2, 0) is 11.2 Å². The van der Waals surface area contributed by atoms with Crippen molar-refractivity contribution in [3.05, 3.63) is 114 Å². The van der Waals surface area contributed by atoms with Crippen molar-refractivity contribution < 1.29 is 14.3 Å². The molecule has 0 unspecified atom stereocenters. The van der Waals surface area contributed by atoms with Gasteiger partial charge in [-0.2, -0.15) is 5.10 Å². The number of nitrogens with one attached hydrogen (secondary N) is 1. The van der Waals surface area contributed by atoms with E-state index in [2.05, 4.69) is 10.5 Å². The monoisotopic (exact) mass is 408 g/mol. The maximum Gasteiger partial charge on any atom is 0.343 e. The molecular formula is C26H20N2O3. The van der Waals surface area contributed by atoms with E-state index in [9.17, 15) is 9.59 Å². The third-order valence-electron chi connectivity index (χ3n) is 4.73. The molecule has 0 aliphatic carbocycles. The van der Waals surface area contributed by atoms with Crippen LogP contribution in [-0.4, -0.2) is 18.1 Å². The Hall–Kier alpha value is -4.25. The molecule has 0 saturated heterocycles. The van der Waals surface area contributed by atoms with Crippen LogP contribution in [0, 0.1) is 0 Å². The molecule has 4 aromatic rings. The number of rotatable bonds is 6. The van der Waals surface area contributed by atoms with Crippen molar-refractivity contribution in [2.75, 3.05) is 0 Å². The predicted molar refractivity (Wildman–Crippen MR) is 121 cm³/mol. The SMILES string of the molecule is O=C(Cc1cccc2ccccc12)N/N=C/c1ccc(OC(=O)c2ccccc2)cc1. The van der Waals surface area contributed by atoms with E-state index in [4.69, 9.17) is 4.74 Å². The summed E-state index contributed by atoms with van der Waals surface area (Å²) in [6.07, 6.45) is 1.79. The molecule has 0 bridgehead atoms. The van der Waals surface area contributed by atoms with Gasteiger partial charge in [-0.3, -0.25) is 4.79 Å². The van der Waals surface area contributed by atoms with Gasteiger partial charge in [-0.15, -0.1) is 0 Å². The van der Waals surface area contributed by atoms with Gasteiger partial charge in [-0.05, 0) is 58.3 Å². The number of hydrogen-bond donors (Lipinski definition) is 1. The van der Waals surface area contributed by atoms with Crippen LogP contribution in [0.4, 0.5) is 0 Å². The van der Waals surface area contributed by atoms with Gasteiger partial charge in [0.2, 0.25) is 5.91 Å². The van der Waals surface area contributed by atoms with Gasteiger partial charge < -0.3 is 4.74 Å². The number of ether oxygens (including phenoxy) is 1. The third kappa shape index (κ3) is 5.22. The molecule has 0 aliphatic rings. The van der Waals surface area contributed by atoms with E-state index in [0.29, 0.717) is 11.3 Å². The molecule has 31 heavy (non-hydrogen) atoms. The summed E-state index contributed by atoms with van der Waals surface area (Å²) in [5.74, 6) is -0.172. The smallest absolute Gasteiger partial charge is 0.343 e. The van der Waals surface area contributed by atoms with Crippen molar-refractivity contribution in [3.63, 3.8) is 0 Å². The number of carbonyl (C=O) groups excluding carboxylic acids is 2. The Labute approximate surface area is 180 Å². The molecular weight excluding hydrogens is 388 g/mol. The fourth-order valence-corrected chi connectivity index (χ4v) is 3.20. The number of benzene rings is 4. The van der Waals surface area contributed by atoms with Gasteiger partial charge in [0.25, 0.3) is 0 Å². The number of fused-ring (bicyclic) bond motifs is 1. The van der Waals surface area contributed by atoms with Gasteiger partial charge >= 0.3 is 5.97 Å². The van der Waals surface area contributed by atoms with Crippen LogP contribution in [0.2, 0.25) is 0 Å². The summed E-state index contributed by atoms with van der Waals surface area (Å²) in [5.41, 5.74) is 4.77. The van der Waals surface area contributed by atoms with Crippen molar-refractivity contribution in [1.29, 1.82) is 0 Å². The summed E-state index contributed by atoms with van der Waals surface area (Å²) < 4.78 is 5.35. The predicted octanol–water partition coefficient (Wildman–Crippen LogP) is 4.75. The van der Waals surface area contributed by atoms with Crippen LogP contribution in [0.25, 0.3) is 10.8 Å². The lowest BCUT2D eigenvalue weighted by molar-refractivity contribution is -0.120. The molecule has 0 fully saturated rings. The van der Waals surface area contributed by atoms with Crippen molar-refractivity contribution in [2.24, 2.45) is 5.10 Å². The highest BCUT2D eigenvalue weighted by atomic mass is 16.5. The molecule has 152 valence electrons. The van der Waals surface area contributed by atoms with Crippen LogP contribution in [0.1, 0.15) is 21.5 Å². The van der Waals surface area contributed by atoms with Gasteiger partial charge in [0.05, 0.1) is 18.2 Å². The highest BCUT2D eigenvalue weighted by Crippen LogP contribution is 2.19. The number of amides is 1. The highest BCUT2D eigenvalue weighted by molar-refractivity contribution is 5.92. The molecule has 4 rings (SSSR count). The quantitative estimate of drug-likeness (QED) is 0.217. The minimum Gasteiger partial charge on any atom is -0.423 e. The average molecular weight is 408 g/mol. The molecule has 4 aromatic carbocycles. The summed E-state index contributed by atoms with van der Waals surface area (Å²) in [5, 5.41) is 6.18. The van der Waals surface area contributed by atoms with Crippen molar-refractivity contribution in [2.45, 2.75) is 6.42 Å². The topological polar surface area (TPSA) is 67.8 Å². The third-order valence-corrected chi connectivity index (χ3v) is 4.73. The first kappa shape index (κ1) is 20.0. The Morgan fingerprint density at radius 1 is 0.806 bits per heavy atom. The van der Waals surface area contributed by atoms with E-state index in [-0.39, 0.29) is 12.3 Å². The maximum atomic E-state index is 12.3. The van der Waals surface area contributed by atoms with Gasteiger partial charge in [0, 0.05) is 0 Å². The molecule has 0 spiro atoms. The summed E-state index contributed by atoms with van der Waals surface area (Å²) in [6.45, 7) is 0. The Bertz CT molecular complexity index is 1230. The number of hydrogen-bond acceptors (Lipinski definition) is 4. The van der Waals surface area contributed by atoms with E-state index < -0.39 is 5.97 Å². The summed E-state index contributed by atoms with van der Waals surface area (Å²) in [4.78, 5) is 24.4. The molecule has 0 heterocycles. The Balaban J connectivity index is 1.32. The van der Waals surface area contributed by atoms with Crippen molar-refractivity contribution >= 4 is 28.9 Å². The lowest BCUT2D eigenvalue weighted by Gasteiger charge is -2.06. The Morgan fingerprint density at radius 2 is 1.52 bits per heavy atom. The summed E-state index contributed by atoms with van der Waals surface area (Å²) >= 11 is 0. The fourth-order valence-electron chi connectivity index (χ4n) is 3.20. The van der Waals surface area contributed by atoms with E-state index in [1.165, 1.54) is 0 Å². The van der Waals surface area contributed by atoms with Gasteiger partial charge in [0.1, 0.15) is 5.75 Å². The molecule has 5 heteroatoms.